The van der Waals surface area contributed by atoms with Crippen LogP contribution in [0, 0.1) is 0 Å². The zero-order valence-electron chi connectivity index (χ0n) is 11.5. The van der Waals surface area contributed by atoms with Crippen LogP contribution in [0.5, 0.6) is 0 Å². The summed E-state index contributed by atoms with van der Waals surface area (Å²) in [5, 5.41) is 20.0. The Morgan fingerprint density at radius 1 is 1.55 bits per heavy atom. The van der Waals surface area contributed by atoms with Crippen LogP contribution in [0.25, 0.3) is 11.0 Å². The van der Waals surface area contributed by atoms with Crippen molar-refractivity contribution in [3.8, 4) is 0 Å². The van der Waals surface area contributed by atoms with Gasteiger partial charge in [-0.25, -0.2) is 0 Å². The standard InChI is InChI=1S/C12H18N6O2/c1-7-6-20-8(5-19)4-18(7)11-9-3-14-17-10(9)15-12(13-2)16-11/h3,7-8,19H,4-6H2,1-2H3,(H2,13,14,15,16,17). The first-order valence-corrected chi connectivity index (χ1v) is 6.61. The van der Waals surface area contributed by atoms with Crippen LogP contribution in [0.1, 0.15) is 6.92 Å². The van der Waals surface area contributed by atoms with Crippen molar-refractivity contribution in [3.05, 3.63) is 6.20 Å². The number of aliphatic hydroxyl groups is 1. The molecule has 2 aromatic rings. The molecule has 0 amide bonds. The second kappa shape index (κ2) is 5.22. The fourth-order valence-electron chi connectivity index (χ4n) is 2.37. The second-order valence-electron chi connectivity index (χ2n) is 4.89. The molecule has 0 radical (unpaired) electrons. The van der Waals surface area contributed by atoms with Gasteiger partial charge >= 0.3 is 0 Å². The lowest BCUT2D eigenvalue weighted by molar-refractivity contribution is -0.0104. The molecule has 1 fully saturated rings. The van der Waals surface area contributed by atoms with Gasteiger partial charge in [0.25, 0.3) is 0 Å². The van der Waals surface area contributed by atoms with Crippen molar-refractivity contribution in [3.63, 3.8) is 0 Å². The molecule has 0 bridgehead atoms. The minimum absolute atomic E-state index is 0.00170. The molecule has 3 rings (SSSR count). The number of nitrogens with zero attached hydrogens (tertiary/aromatic N) is 4. The zero-order chi connectivity index (χ0) is 14.1. The van der Waals surface area contributed by atoms with Gasteiger partial charge < -0.3 is 20.1 Å². The zero-order valence-corrected chi connectivity index (χ0v) is 11.5. The summed E-state index contributed by atoms with van der Waals surface area (Å²) in [6, 6.07) is 0.176. The summed E-state index contributed by atoms with van der Waals surface area (Å²) in [6.07, 6.45) is 1.53. The van der Waals surface area contributed by atoms with Crippen LogP contribution >= 0.6 is 0 Å². The highest BCUT2D eigenvalue weighted by Crippen LogP contribution is 2.27. The normalized spacial score (nSPS) is 23.2. The number of hydrogen-bond acceptors (Lipinski definition) is 7. The molecule has 108 valence electrons. The highest BCUT2D eigenvalue weighted by atomic mass is 16.5. The van der Waals surface area contributed by atoms with Crippen molar-refractivity contribution in [1.29, 1.82) is 0 Å². The van der Waals surface area contributed by atoms with Gasteiger partial charge in [-0.3, -0.25) is 5.10 Å². The Morgan fingerprint density at radius 2 is 2.40 bits per heavy atom. The van der Waals surface area contributed by atoms with Crippen molar-refractivity contribution in [2.75, 3.05) is 37.0 Å². The number of morpholine rings is 1. The molecule has 2 aromatic heterocycles. The lowest BCUT2D eigenvalue weighted by Gasteiger charge is -2.38. The van der Waals surface area contributed by atoms with Crippen molar-refractivity contribution in [2.24, 2.45) is 0 Å². The van der Waals surface area contributed by atoms with Crippen molar-refractivity contribution in [2.45, 2.75) is 19.1 Å². The Hall–Kier alpha value is -1.93. The molecular weight excluding hydrogens is 260 g/mol. The van der Waals surface area contributed by atoms with E-state index in [9.17, 15) is 5.11 Å². The number of aromatic amines is 1. The third-order valence-corrected chi connectivity index (χ3v) is 3.49. The molecule has 3 heterocycles. The van der Waals surface area contributed by atoms with E-state index in [0.29, 0.717) is 24.7 Å². The van der Waals surface area contributed by atoms with E-state index in [1.807, 2.05) is 0 Å². The fraction of sp³-hybridized carbons (Fsp3) is 0.583. The molecule has 20 heavy (non-hydrogen) atoms. The van der Waals surface area contributed by atoms with E-state index in [1.165, 1.54) is 0 Å². The van der Waals surface area contributed by atoms with E-state index in [0.717, 1.165) is 11.2 Å². The molecule has 0 spiro atoms. The molecule has 8 nitrogen and oxygen atoms in total. The van der Waals surface area contributed by atoms with E-state index >= 15 is 0 Å². The smallest absolute Gasteiger partial charge is 0.226 e. The monoisotopic (exact) mass is 278 g/mol. The van der Waals surface area contributed by atoms with Crippen molar-refractivity contribution in [1.82, 2.24) is 20.2 Å². The Kier molecular flexibility index (Phi) is 3.41. The van der Waals surface area contributed by atoms with Crippen LogP contribution in [-0.4, -0.2) is 64.2 Å². The van der Waals surface area contributed by atoms with E-state index < -0.39 is 0 Å². The topological polar surface area (TPSA) is 99.2 Å². The predicted octanol–water partition coefficient (Wildman–Crippen LogP) is -0.0194. The third kappa shape index (κ3) is 2.16. The Bertz CT molecular complexity index is 601. The molecule has 1 aliphatic rings. The van der Waals surface area contributed by atoms with E-state index in [1.54, 1.807) is 13.2 Å². The van der Waals surface area contributed by atoms with E-state index in [-0.39, 0.29) is 18.8 Å². The maximum Gasteiger partial charge on any atom is 0.226 e. The molecule has 2 unspecified atom stereocenters. The van der Waals surface area contributed by atoms with Crippen LogP contribution in [0.15, 0.2) is 6.20 Å². The Morgan fingerprint density at radius 3 is 3.15 bits per heavy atom. The van der Waals surface area contributed by atoms with Gasteiger partial charge in [-0.05, 0) is 6.92 Å². The maximum absolute atomic E-state index is 9.30. The number of aromatic nitrogens is 4. The van der Waals surface area contributed by atoms with Crippen LogP contribution < -0.4 is 10.2 Å². The minimum atomic E-state index is -0.193. The van der Waals surface area contributed by atoms with E-state index in [4.69, 9.17) is 4.74 Å². The molecule has 0 saturated carbocycles. The number of hydrogen-bond donors (Lipinski definition) is 3. The molecule has 2 atom stereocenters. The number of anilines is 2. The van der Waals surface area contributed by atoms with Crippen molar-refractivity contribution >= 4 is 22.8 Å². The van der Waals surface area contributed by atoms with Crippen LogP contribution in [0.3, 0.4) is 0 Å². The second-order valence-corrected chi connectivity index (χ2v) is 4.89. The summed E-state index contributed by atoms with van der Waals surface area (Å²) in [4.78, 5) is 11.0. The maximum atomic E-state index is 9.30. The molecule has 1 saturated heterocycles. The lowest BCUT2D eigenvalue weighted by atomic mass is 10.2. The first-order chi connectivity index (χ1) is 9.72. The van der Waals surface area contributed by atoms with Gasteiger partial charge in [0.2, 0.25) is 5.95 Å². The summed E-state index contributed by atoms with van der Waals surface area (Å²) < 4.78 is 5.57. The van der Waals surface area contributed by atoms with Gasteiger partial charge in [0.1, 0.15) is 5.82 Å². The summed E-state index contributed by atoms with van der Waals surface area (Å²) in [6.45, 7) is 3.23. The van der Waals surface area contributed by atoms with Gasteiger partial charge in [-0.15, -0.1) is 0 Å². The average molecular weight is 278 g/mol. The molecular formula is C12H18N6O2. The molecule has 3 N–H and O–H groups in total. The number of ether oxygens (including phenoxy) is 1. The Balaban J connectivity index is 2.04. The average Bonchev–Trinajstić information content (AvgIpc) is 2.95. The molecule has 8 heteroatoms. The van der Waals surface area contributed by atoms with Crippen LogP contribution in [0.2, 0.25) is 0 Å². The number of aliphatic hydroxyl groups excluding tert-OH is 1. The number of nitrogens with one attached hydrogen (secondary N) is 2. The first-order valence-electron chi connectivity index (χ1n) is 6.61. The van der Waals surface area contributed by atoms with Gasteiger partial charge in [0, 0.05) is 13.6 Å². The number of H-pyrrole nitrogens is 1. The van der Waals surface area contributed by atoms with Gasteiger partial charge in [0.05, 0.1) is 36.9 Å². The summed E-state index contributed by atoms with van der Waals surface area (Å²) >= 11 is 0. The highest BCUT2D eigenvalue weighted by molar-refractivity contribution is 5.87. The van der Waals surface area contributed by atoms with Crippen LogP contribution in [-0.2, 0) is 4.74 Å². The van der Waals surface area contributed by atoms with E-state index in [2.05, 4.69) is 37.3 Å². The fourth-order valence-corrected chi connectivity index (χ4v) is 2.37. The quantitative estimate of drug-likeness (QED) is 0.725. The molecule has 0 aromatic carbocycles. The summed E-state index contributed by atoms with van der Waals surface area (Å²) in [5.41, 5.74) is 0.693. The Labute approximate surface area is 116 Å². The minimum Gasteiger partial charge on any atom is -0.394 e. The first kappa shape index (κ1) is 13.1. The van der Waals surface area contributed by atoms with Crippen LogP contribution in [0.4, 0.5) is 11.8 Å². The van der Waals surface area contributed by atoms with Gasteiger partial charge in [0.15, 0.2) is 5.65 Å². The SMILES string of the molecule is CNc1nc(N2CC(CO)OCC2C)c2cn[nH]c2n1. The summed E-state index contributed by atoms with van der Waals surface area (Å²) in [5.74, 6) is 1.35. The number of fused-ring (bicyclic) bond motifs is 1. The lowest BCUT2D eigenvalue weighted by Crippen LogP contribution is -2.50. The third-order valence-electron chi connectivity index (χ3n) is 3.49. The molecule has 1 aliphatic heterocycles. The van der Waals surface area contributed by atoms with Crippen molar-refractivity contribution < 1.29 is 9.84 Å². The summed E-state index contributed by atoms with van der Waals surface area (Å²) in [7, 11) is 1.78. The van der Waals surface area contributed by atoms with Gasteiger partial charge in [-0.2, -0.15) is 15.1 Å². The largest absolute Gasteiger partial charge is 0.394 e. The predicted molar refractivity (Wildman–Crippen MR) is 74.9 cm³/mol. The van der Waals surface area contributed by atoms with Gasteiger partial charge in [-0.1, -0.05) is 0 Å². The highest BCUT2D eigenvalue weighted by Gasteiger charge is 2.28. The number of rotatable bonds is 3. The molecule has 0 aliphatic carbocycles.